The quantitative estimate of drug-likeness (QED) is 0.328. The third-order valence-electron chi connectivity index (χ3n) is 12.7. The monoisotopic (exact) mass is 850 g/mol. The van der Waals surface area contributed by atoms with Crippen LogP contribution in [0.5, 0.6) is 11.6 Å². The van der Waals surface area contributed by atoms with E-state index < -0.39 is 98.6 Å². The van der Waals surface area contributed by atoms with Crippen molar-refractivity contribution in [3.8, 4) is 11.6 Å². The maximum atomic E-state index is 16.3. The third kappa shape index (κ3) is 8.36. The van der Waals surface area contributed by atoms with Crippen LogP contribution in [0, 0.1) is 23.2 Å². The summed E-state index contributed by atoms with van der Waals surface area (Å²) in [6.07, 6.45) is -4.31. The molecule has 2 aliphatic heterocycles. The second-order valence-corrected chi connectivity index (χ2v) is 20.3. The highest BCUT2D eigenvalue weighted by Crippen LogP contribution is 2.50. The molecule has 4 amide bonds. The van der Waals surface area contributed by atoms with Crippen LogP contribution in [-0.4, -0.2) is 102 Å². The molecule has 5 aliphatic rings. The van der Waals surface area contributed by atoms with Gasteiger partial charge in [0.05, 0.1) is 35.4 Å². The zero-order chi connectivity index (χ0) is 42.8. The molecule has 59 heavy (non-hydrogen) atoms. The minimum Gasteiger partial charge on any atom is -0.497 e. The molecule has 1 aromatic carbocycles. The SMILES string of the molecule is CC[C@@H]1[C@@H]2CN(C(=O)[C@H](C(C)(C)C)NC(=O)O[C@@H]3C[C@H]3CCCCC(F)c3nc4ccc(OC)cc4nc3O2)[C@@H]1C(=O)N[C@]1(C(=O)NS(=O)(=O)C2(C)CC2)CC1C(F)F. The second kappa shape index (κ2) is 15.6. The summed E-state index contributed by atoms with van der Waals surface area (Å²) >= 11 is 0. The zero-order valence-electron chi connectivity index (χ0n) is 34.1. The number of fused-ring (bicyclic) bond motifs is 5. The highest BCUT2D eigenvalue weighted by atomic mass is 32.2. The largest absolute Gasteiger partial charge is 0.497 e. The van der Waals surface area contributed by atoms with Gasteiger partial charge in [0.1, 0.15) is 47.4 Å². The van der Waals surface area contributed by atoms with Crippen molar-refractivity contribution in [2.24, 2.45) is 23.2 Å². The lowest BCUT2D eigenvalue weighted by Gasteiger charge is -2.36. The van der Waals surface area contributed by atoms with Gasteiger partial charge >= 0.3 is 6.09 Å². The van der Waals surface area contributed by atoms with Gasteiger partial charge in [0, 0.05) is 12.0 Å². The summed E-state index contributed by atoms with van der Waals surface area (Å²) in [4.78, 5) is 67.0. The molecule has 0 radical (unpaired) electrons. The lowest BCUT2D eigenvalue weighted by atomic mass is 9.85. The van der Waals surface area contributed by atoms with Crippen LogP contribution in [0.25, 0.3) is 11.0 Å². The maximum absolute atomic E-state index is 16.3. The number of nitrogens with zero attached hydrogens (tertiary/aromatic N) is 3. The van der Waals surface area contributed by atoms with Crippen molar-refractivity contribution in [3.63, 3.8) is 0 Å². The van der Waals surface area contributed by atoms with E-state index in [2.05, 4.69) is 20.6 Å². The number of aromatic nitrogens is 2. The number of nitrogens with one attached hydrogen (secondary N) is 3. The molecule has 3 aliphatic carbocycles. The number of carbonyl (C=O) groups is 4. The first-order valence-electron chi connectivity index (χ1n) is 20.3. The number of amides is 4. The smallest absolute Gasteiger partial charge is 0.408 e. The van der Waals surface area contributed by atoms with Gasteiger partial charge in [-0.1, -0.05) is 40.5 Å². The summed E-state index contributed by atoms with van der Waals surface area (Å²) in [7, 11) is -2.80. The normalized spacial score (nSPS) is 32.0. The maximum Gasteiger partial charge on any atom is 0.408 e. The van der Waals surface area contributed by atoms with Crippen LogP contribution in [0.2, 0.25) is 0 Å². The third-order valence-corrected chi connectivity index (χ3v) is 14.9. The summed E-state index contributed by atoms with van der Waals surface area (Å²) in [6, 6.07) is 2.16. The van der Waals surface area contributed by atoms with Gasteiger partial charge in [-0.15, -0.1) is 0 Å². The van der Waals surface area contributed by atoms with Gasteiger partial charge in [-0.05, 0) is 75.3 Å². The highest BCUT2D eigenvalue weighted by molar-refractivity contribution is 7.91. The summed E-state index contributed by atoms with van der Waals surface area (Å²) in [6.45, 7) is 7.97. The van der Waals surface area contributed by atoms with E-state index in [1.165, 1.54) is 18.9 Å². The standard InChI is InChI=1S/C40H53F3N6O9S/c1-7-22-28-19-49(30(22)33(50)47-40(18-23(40)32(42)43)36(52)48-59(54,55)39(5)14-15-39)35(51)31(38(2,3)4)46-37(53)58-27-16-20(27)10-8-9-11-24(41)29-34(57-28)45-26-17-21(56-6)12-13-25(26)44-29/h12-13,17,20,22-24,27-28,30-32H,7-11,14-16,18-19H2,1-6H3,(H,46,53)(H,47,50)(H,48,52)/t20-,22-,23?,24?,27-,28+,30+,31-,40-/m1/s1. The predicted molar refractivity (Wildman–Crippen MR) is 207 cm³/mol. The topological polar surface area (TPSA) is 195 Å². The Morgan fingerprint density at radius 1 is 1.08 bits per heavy atom. The molecule has 15 nitrogen and oxygen atoms in total. The van der Waals surface area contributed by atoms with Crippen molar-refractivity contribution in [2.75, 3.05) is 13.7 Å². The molecule has 3 N–H and O–H groups in total. The average molecular weight is 851 g/mol. The molecule has 19 heteroatoms. The number of alkyl carbamates (subject to hydrolysis) is 1. The fourth-order valence-corrected chi connectivity index (χ4v) is 9.72. The summed E-state index contributed by atoms with van der Waals surface area (Å²) < 4.78 is 89.4. The Kier molecular flexibility index (Phi) is 11.3. The molecule has 4 fully saturated rings. The highest BCUT2D eigenvalue weighted by Gasteiger charge is 2.68. The molecule has 324 valence electrons. The van der Waals surface area contributed by atoms with E-state index in [4.69, 9.17) is 14.2 Å². The fraction of sp³-hybridized carbons (Fsp3) is 0.700. The first-order chi connectivity index (χ1) is 27.7. The van der Waals surface area contributed by atoms with Crippen LogP contribution in [0.15, 0.2) is 18.2 Å². The van der Waals surface area contributed by atoms with Gasteiger partial charge in [0.2, 0.25) is 34.1 Å². The van der Waals surface area contributed by atoms with Gasteiger partial charge in [0.25, 0.3) is 5.91 Å². The van der Waals surface area contributed by atoms with Gasteiger partial charge in [-0.2, -0.15) is 0 Å². The minimum absolute atomic E-state index is 0.0691. The van der Waals surface area contributed by atoms with Crippen LogP contribution < -0.4 is 24.8 Å². The Morgan fingerprint density at radius 3 is 2.42 bits per heavy atom. The molecule has 9 atom stereocenters. The Morgan fingerprint density at radius 2 is 1.80 bits per heavy atom. The lowest BCUT2D eigenvalue weighted by Crippen LogP contribution is -2.61. The Hall–Kier alpha value is -4.42. The van der Waals surface area contributed by atoms with Crippen molar-refractivity contribution in [1.29, 1.82) is 0 Å². The predicted octanol–water partition coefficient (Wildman–Crippen LogP) is 4.88. The Bertz CT molecular complexity index is 2120. The van der Waals surface area contributed by atoms with Crippen molar-refractivity contribution in [1.82, 2.24) is 30.2 Å². The van der Waals surface area contributed by atoms with Crippen molar-refractivity contribution in [2.45, 2.75) is 140 Å². The first-order valence-corrected chi connectivity index (χ1v) is 21.8. The number of halogens is 3. The van der Waals surface area contributed by atoms with Gasteiger partial charge in [-0.25, -0.2) is 36.4 Å². The number of carbonyl (C=O) groups excluding carboxylic acids is 4. The first kappa shape index (κ1) is 42.7. The molecular formula is C40H53F3N6O9S. The van der Waals surface area contributed by atoms with Crippen molar-refractivity contribution in [3.05, 3.63) is 23.9 Å². The average Bonchev–Trinajstić information content (AvgIpc) is 4.12. The number of ether oxygens (including phenoxy) is 3. The summed E-state index contributed by atoms with van der Waals surface area (Å²) in [5.74, 6) is -5.29. The van der Waals surface area contributed by atoms with Crippen molar-refractivity contribution < 1.29 is 55.0 Å². The number of methoxy groups -OCH3 is 1. The summed E-state index contributed by atoms with van der Waals surface area (Å²) in [5.41, 5.74) is -2.62. The van der Waals surface area contributed by atoms with E-state index in [0.717, 1.165) is 0 Å². The molecular weight excluding hydrogens is 798 g/mol. The molecule has 0 spiro atoms. The second-order valence-electron chi connectivity index (χ2n) is 18.1. The Labute approximate surface area is 341 Å². The molecule has 2 unspecified atom stereocenters. The molecule has 3 saturated carbocycles. The Balaban J connectivity index is 1.28. The van der Waals surface area contributed by atoms with Crippen molar-refractivity contribution >= 4 is 44.9 Å². The van der Waals surface area contributed by atoms with Gasteiger partial charge < -0.3 is 29.7 Å². The van der Waals surface area contributed by atoms with E-state index in [-0.39, 0.29) is 55.8 Å². The van der Waals surface area contributed by atoms with Crippen LogP contribution in [0.4, 0.5) is 18.0 Å². The number of benzene rings is 1. The van der Waals surface area contributed by atoms with Crippen LogP contribution >= 0.6 is 0 Å². The van der Waals surface area contributed by atoms with E-state index in [9.17, 15) is 36.4 Å². The van der Waals surface area contributed by atoms with Gasteiger partial charge in [-0.3, -0.25) is 19.1 Å². The van der Waals surface area contributed by atoms with Crippen LogP contribution in [0.1, 0.15) is 104 Å². The molecule has 7 rings (SSSR count). The number of hydrogen-bond donors (Lipinski definition) is 3. The van der Waals surface area contributed by atoms with E-state index in [1.807, 2.05) is 4.72 Å². The fourth-order valence-electron chi connectivity index (χ4n) is 8.41. The molecule has 2 aromatic rings. The molecule has 3 heterocycles. The molecule has 1 saturated heterocycles. The minimum atomic E-state index is -4.28. The van der Waals surface area contributed by atoms with E-state index >= 15 is 4.39 Å². The lowest BCUT2D eigenvalue weighted by molar-refractivity contribution is -0.144. The van der Waals surface area contributed by atoms with Crippen LogP contribution in [0.3, 0.4) is 0 Å². The number of alkyl halides is 3. The van der Waals surface area contributed by atoms with Crippen LogP contribution in [-0.2, 0) is 29.1 Å². The zero-order valence-corrected chi connectivity index (χ0v) is 34.9. The number of hydrogen-bond acceptors (Lipinski definition) is 11. The van der Waals surface area contributed by atoms with E-state index in [0.29, 0.717) is 42.5 Å². The van der Waals surface area contributed by atoms with Gasteiger partial charge in [0.15, 0.2) is 0 Å². The number of rotatable bonds is 8. The molecule has 1 aromatic heterocycles. The summed E-state index contributed by atoms with van der Waals surface area (Å²) in [5, 5.41) is 5.16. The molecule has 2 bridgehead atoms. The number of sulfonamides is 1. The van der Waals surface area contributed by atoms with E-state index in [1.54, 1.807) is 45.9 Å².